The Morgan fingerprint density at radius 1 is 1.00 bits per heavy atom. The summed E-state index contributed by atoms with van der Waals surface area (Å²) in [6.07, 6.45) is 0.0783. The standard InChI is InChI=1S/C20H22O5/c1-20(23,19(22)16-6-4-5-7-18(16)25-3)13-12-17(21)14-8-10-15(24-2)11-9-14/h4-11,23H,12-13H2,1-3H3/t20-/m1/s1. The van der Waals surface area contributed by atoms with Gasteiger partial charge in [-0.15, -0.1) is 0 Å². The smallest absolute Gasteiger partial charge is 0.197 e. The van der Waals surface area contributed by atoms with Crippen molar-refractivity contribution in [2.45, 2.75) is 25.4 Å². The third kappa shape index (κ3) is 4.45. The monoisotopic (exact) mass is 342 g/mol. The third-order valence-electron chi connectivity index (χ3n) is 4.09. The van der Waals surface area contributed by atoms with Crippen LogP contribution in [0.1, 0.15) is 40.5 Å². The van der Waals surface area contributed by atoms with Crippen LogP contribution in [0.15, 0.2) is 48.5 Å². The molecule has 0 spiro atoms. The van der Waals surface area contributed by atoms with E-state index in [1.807, 2.05) is 0 Å². The highest BCUT2D eigenvalue weighted by Gasteiger charge is 2.33. The molecule has 0 heterocycles. The van der Waals surface area contributed by atoms with E-state index in [4.69, 9.17) is 9.47 Å². The zero-order valence-electron chi connectivity index (χ0n) is 14.6. The summed E-state index contributed by atoms with van der Waals surface area (Å²) < 4.78 is 10.2. The van der Waals surface area contributed by atoms with E-state index in [0.717, 1.165) is 0 Å². The van der Waals surface area contributed by atoms with Gasteiger partial charge in [0.25, 0.3) is 0 Å². The minimum absolute atomic E-state index is 0.0226. The molecule has 2 rings (SSSR count). The molecule has 0 fully saturated rings. The van der Waals surface area contributed by atoms with Gasteiger partial charge in [0.15, 0.2) is 11.6 Å². The van der Waals surface area contributed by atoms with Crippen molar-refractivity contribution in [3.05, 3.63) is 59.7 Å². The van der Waals surface area contributed by atoms with Gasteiger partial charge < -0.3 is 14.6 Å². The first-order valence-electron chi connectivity index (χ1n) is 7.96. The molecule has 132 valence electrons. The number of rotatable bonds is 8. The second-order valence-corrected chi connectivity index (χ2v) is 5.95. The largest absolute Gasteiger partial charge is 0.497 e. The van der Waals surface area contributed by atoms with E-state index >= 15 is 0 Å². The van der Waals surface area contributed by atoms with E-state index in [1.165, 1.54) is 14.0 Å². The molecule has 0 aromatic heterocycles. The lowest BCUT2D eigenvalue weighted by atomic mass is 9.88. The number of para-hydroxylation sites is 1. The molecule has 0 bridgehead atoms. The molecule has 2 aromatic carbocycles. The van der Waals surface area contributed by atoms with Gasteiger partial charge in [-0.2, -0.15) is 0 Å². The number of carbonyl (C=O) groups is 2. The first-order valence-corrected chi connectivity index (χ1v) is 7.96. The fraction of sp³-hybridized carbons (Fsp3) is 0.300. The molecular formula is C20H22O5. The van der Waals surface area contributed by atoms with Crippen LogP contribution in [0.3, 0.4) is 0 Å². The van der Waals surface area contributed by atoms with Crippen molar-refractivity contribution in [1.82, 2.24) is 0 Å². The first kappa shape index (κ1) is 18.7. The minimum Gasteiger partial charge on any atom is -0.497 e. The highest BCUT2D eigenvalue weighted by Crippen LogP contribution is 2.26. The Bertz CT molecular complexity index is 747. The summed E-state index contributed by atoms with van der Waals surface area (Å²) in [4.78, 5) is 24.9. The molecule has 25 heavy (non-hydrogen) atoms. The van der Waals surface area contributed by atoms with Crippen LogP contribution in [0.4, 0.5) is 0 Å². The van der Waals surface area contributed by atoms with E-state index in [9.17, 15) is 14.7 Å². The van der Waals surface area contributed by atoms with Crippen LogP contribution in [-0.2, 0) is 0 Å². The summed E-state index contributed by atoms with van der Waals surface area (Å²) in [6.45, 7) is 1.42. The van der Waals surface area contributed by atoms with Crippen LogP contribution in [0, 0.1) is 0 Å². The molecule has 0 unspecified atom stereocenters. The van der Waals surface area contributed by atoms with E-state index in [0.29, 0.717) is 22.6 Å². The number of ether oxygens (including phenoxy) is 2. The molecule has 0 amide bonds. The second-order valence-electron chi connectivity index (χ2n) is 5.95. The number of hydrogen-bond acceptors (Lipinski definition) is 5. The summed E-state index contributed by atoms with van der Waals surface area (Å²) in [5.41, 5.74) is -0.843. The van der Waals surface area contributed by atoms with Crippen LogP contribution in [-0.4, -0.2) is 36.5 Å². The Morgan fingerprint density at radius 2 is 1.64 bits per heavy atom. The van der Waals surface area contributed by atoms with Crippen LogP contribution in [0.2, 0.25) is 0 Å². The fourth-order valence-electron chi connectivity index (χ4n) is 2.51. The number of carbonyl (C=O) groups excluding carboxylic acids is 2. The predicted molar refractivity (Wildman–Crippen MR) is 94.5 cm³/mol. The molecule has 0 aliphatic carbocycles. The summed E-state index contributed by atoms with van der Waals surface area (Å²) in [5.74, 6) is 0.451. The second kappa shape index (κ2) is 7.94. The molecule has 5 heteroatoms. The van der Waals surface area contributed by atoms with E-state index in [2.05, 4.69) is 0 Å². The zero-order chi connectivity index (χ0) is 18.4. The lowest BCUT2D eigenvalue weighted by Gasteiger charge is -2.22. The molecule has 5 nitrogen and oxygen atoms in total. The summed E-state index contributed by atoms with van der Waals surface area (Å²) in [6, 6.07) is 13.4. The predicted octanol–water partition coefficient (Wildman–Crippen LogP) is 3.30. The molecule has 2 aromatic rings. The van der Waals surface area contributed by atoms with Crippen molar-refractivity contribution in [3.63, 3.8) is 0 Å². The molecule has 0 aliphatic rings. The van der Waals surface area contributed by atoms with Gasteiger partial charge in [-0.1, -0.05) is 12.1 Å². The number of Topliss-reactive ketones (excluding diaryl/α,β-unsaturated/α-hetero) is 2. The maximum absolute atomic E-state index is 12.6. The van der Waals surface area contributed by atoms with E-state index in [1.54, 1.807) is 55.6 Å². The Balaban J connectivity index is 2.07. The number of methoxy groups -OCH3 is 2. The summed E-state index contributed by atoms with van der Waals surface area (Å²) >= 11 is 0. The third-order valence-corrected chi connectivity index (χ3v) is 4.09. The van der Waals surface area contributed by atoms with Gasteiger partial charge >= 0.3 is 0 Å². The zero-order valence-corrected chi connectivity index (χ0v) is 14.6. The Hall–Kier alpha value is -2.66. The number of ketones is 2. The minimum atomic E-state index is -1.66. The SMILES string of the molecule is COc1ccc(C(=O)CC[C@@](C)(O)C(=O)c2ccccc2OC)cc1. The maximum atomic E-state index is 12.6. The molecule has 1 N–H and O–H groups in total. The fourth-order valence-corrected chi connectivity index (χ4v) is 2.51. The van der Waals surface area contributed by atoms with Crippen LogP contribution >= 0.6 is 0 Å². The number of hydrogen-bond donors (Lipinski definition) is 1. The summed E-state index contributed by atoms with van der Waals surface area (Å²) in [5, 5.41) is 10.6. The van der Waals surface area contributed by atoms with E-state index < -0.39 is 11.4 Å². The first-order chi connectivity index (χ1) is 11.9. The van der Waals surface area contributed by atoms with Gasteiger partial charge in [0, 0.05) is 12.0 Å². The molecule has 1 atom stereocenters. The molecule has 0 aliphatic heterocycles. The lowest BCUT2D eigenvalue weighted by molar-refractivity contribution is 0.0353. The van der Waals surface area contributed by atoms with Crippen molar-refractivity contribution in [2.24, 2.45) is 0 Å². The van der Waals surface area contributed by atoms with Gasteiger partial charge in [0.05, 0.1) is 19.8 Å². The van der Waals surface area contributed by atoms with Gasteiger partial charge in [-0.25, -0.2) is 0 Å². The van der Waals surface area contributed by atoms with Crippen LogP contribution in [0.25, 0.3) is 0 Å². The average molecular weight is 342 g/mol. The normalized spacial score (nSPS) is 13.0. The van der Waals surface area contributed by atoms with Crippen molar-refractivity contribution < 1.29 is 24.2 Å². The molecule has 0 saturated heterocycles. The molecular weight excluding hydrogens is 320 g/mol. The quantitative estimate of drug-likeness (QED) is 0.745. The maximum Gasteiger partial charge on any atom is 0.197 e. The van der Waals surface area contributed by atoms with Crippen molar-refractivity contribution >= 4 is 11.6 Å². The van der Waals surface area contributed by atoms with E-state index in [-0.39, 0.29) is 18.6 Å². The van der Waals surface area contributed by atoms with Gasteiger partial charge in [-0.05, 0) is 49.7 Å². The van der Waals surface area contributed by atoms with Crippen molar-refractivity contribution in [3.8, 4) is 11.5 Å². The average Bonchev–Trinajstić information content (AvgIpc) is 2.65. The van der Waals surface area contributed by atoms with Gasteiger partial charge in [0.2, 0.25) is 0 Å². The van der Waals surface area contributed by atoms with Crippen molar-refractivity contribution in [1.29, 1.82) is 0 Å². The van der Waals surface area contributed by atoms with Crippen LogP contribution < -0.4 is 9.47 Å². The van der Waals surface area contributed by atoms with Crippen molar-refractivity contribution in [2.75, 3.05) is 14.2 Å². The summed E-state index contributed by atoms with van der Waals surface area (Å²) in [7, 11) is 3.02. The Kier molecular flexibility index (Phi) is 5.93. The highest BCUT2D eigenvalue weighted by molar-refractivity contribution is 6.04. The lowest BCUT2D eigenvalue weighted by Crippen LogP contribution is -2.36. The number of aliphatic hydroxyl groups is 1. The Labute approximate surface area is 147 Å². The topological polar surface area (TPSA) is 72.8 Å². The van der Waals surface area contributed by atoms with Gasteiger partial charge in [0.1, 0.15) is 17.1 Å². The number of benzene rings is 2. The highest BCUT2D eigenvalue weighted by atomic mass is 16.5. The molecule has 0 saturated carbocycles. The molecule has 0 radical (unpaired) electrons. The van der Waals surface area contributed by atoms with Gasteiger partial charge in [-0.3, -0.25) is 9.59 Å². The van der Waals surface area contributed by atoms with Crippen LogP contribution in [0.5, 0.6) is 11.5 Å². The Morgan fingerprint density at radius 3 is 2.24 bits per heavy atom.